The van der Waals surface area contributed by atoms with Crippen LogP contribution < -0.4 is 15.4 Å². The van der Waals surface area contributed by atoms with Gasteiger partial charge in [-0.3, -0.25) is 14.4 Å². The first-order valence-electron chi connectivity index (χ1n) is 11.0. The third kappa shape index (κ3) is 5.47. The lowest BCUT2D eigenvalue weighted by Crippen LogP contribution is -2.41. The van der Waals surface area contributed by atoms with Gasteiger partial charge in [0.2, 0.25) is 11.8 Å². The van der Waals surface area contributed by atoms with Crippen molar-refractivity contribution in [2.75, 3.05) is 13.7 Å². The van der Waals surface area contributed by atoms with Crippen LogP contribution in [0.15, 0.2) is 24.3 Å². The summed E-state index contributed by atoms with van der Waals surface area (Å²) in [6.45, 7) is 4.57. The van der Waals surface area contributed by atoms with Crippen molar-refractivity contribution in [1.82, 2.24) is 15.6 Å². The molecule has 0 radical (unpaired) electrons. The summed E-state index contributed by atoms with van der Waals surface area (Å²) in [5.41, 5.74) is 1.21. The highest BCUT2D eigenvalue weighted by Gasteiger charge is 2.30. The standard InChI is InChI=1S/C24H30N4O4/c1-14(2)9-16(24(31)27-17(13-25)10-15-7-8-26-23(15)30)11-21(29)20-12-18-19(28-20)5-4-6-22(18)32-3/h4-6,12,14-17,28H,7-11H2,1-3H3,(H,26,30)(H,27,31)/t15?,16-,17?/m1/s1. The molecule has 1 fully saturated rings. The van der Waals surface area contributed by atoms with Crippen LogP contribution in [0.4, 0.5) is 0 Å². The van der Waals surface area contributed by atoms with Gasteiger partial charge in [-0.1, -0.05) is 19.9 Å². The molecule has 0 bridgehead atoms. The highest BCUT2D eigenvalue weighted by molar-refractivity contribution is 6.02. The number of nitrogens with zero attached hydrogens (tertiary/aromatic N) is 1. The van der Waals surface area contributed by atoms with E-state index in [1.54, 1.807) is 13.2 Å². The van der Waals surface area contributed by atoms with Gasteiger partial charge < -0.3 is 20.4 Å². The predicted molar refractivity (Wildman–Crippen MR) is 120 cm³/mol. The molecule has 3 rings (SSSR count). The van der Waals surface area contributed by atoms with Gasteiger partial charge in [0, 0.05) is 35.7 Å². The van der Waals surface area contributed by atoms with E-state index in [4.69, 9.17) is 4.74 Å². The van der Waals surface area contributed by atoms with Crippen molar-refractivity contribution < 1.29 is 19.1 Å². The fourth-order valence-electron chi connectivity index (χ4n) is 4.23. The maximum absolute atomic E-state index is 13.0. The number of hydrogen-bond donors (Lipinski definition) is 3. The van der Waals surface area contributed by atoms with Crippen molar-refractivity contribution in [3.8, 4) is 11.8 Å². The molecule has 1 aromatic carbocycles. The van der Waals surface area contributed by atoms with Crippen LogP contribution in [0.1, 0.15) is 50.0 Å². The van der Waals surface area contributed by atoms with Gasteiger partial charge in [-0.15, -0.1) is 0 Å². The number of hydrogen-bond acceptors (Lipinski definition) is 5. The Morgan fingerprint density at radius 3 is 2.75 bits per heavy atom. The van der Waals surface area contributed by atoms with E-state index in [1.165, 1.54) is 0 Å². The van der Waals surface area contributed by atoms with E-state index in [1.807, 2.05) is 32.0 Å². The minimum atomic E-state index is -0.765. The molecule has 0 saturated carbocycles. The summed E-state index contributed by atoms with van der Waals surface area (Å²) in [6, 6.07) is 8.60. The highest BCUT2D eigenvalue weighted by Crippen LogP contribution is 2.27. The second kappa shape index (κ2) is 10.3. The Kier molecular flexibility index (Phi) is 7.52. The van der Waals surface area contributed by atoms with Crippen molar-refractivity contribution in [2.45, 2.75) is 45.6 Å². The lowest BCUT2D eigenvalue weighted by atomic mass is 9.90. The fraction of sp³-hybridized carbons (Fsp3) is 0.500. The number of methoxy groups -OCH3 is 1. The molecule has 2 amide bonds. The van der Waals surface area contributed by atoms with Gasteiger partial charge >= 0.3 is 0 Å². The number of carbonyl (C=O) groups excluding carboxylic acids is 3. The summed E-state index contributed by atoms with van der Waals surface area (Å²) in [5.74, 6) is -0.554. The SMILES string of the molecule is COc1cccc2[nH]c(C(=O)C[C@@H](CC(C)C)C(=O)NC(C#N)CC3CCNC3=O)cc12. The predicted octanol–water partition coefficient (Wildman–Crippen LogP) is 2.95. The van der Waals surface area contributed by atoms with Crippen LogP contribution in [-0.4, -0.2) is 42.3 Å². The molecule has 3 N–H and O–H groups in total. The first-order chi connectivity index (χ1) is 15.3. The largest absolute Gasteiger partial charge is 0.496 e. The second-order valence-corrected chi connectivity index (χ2v) is 8.76. The Morgan fingerprint density at radius 2 is 2.12 bits per heavy atom. The van der Waals surface area contributed by atoms with Gasteiger partial charge in [0.15, 0.2) is 5.78 Å². The number of H-pyrrole nitrogens is 1. The maximum atomic E-state index is 13.0. The molecule has 0 spiro atoms. The van der Waals surface area contributed by atoms with E-state index in [0.29, 0.717) is 30.8 Å². The van der Waals surface area contributed by atoms with E-state index in [0.717, 1.165) is 10.9 Å². The highest BCUT2D eigenvalue weighted by atomic mass is 16.5. The number of ketones is 1. The van der Waals surface area contributed by atoms with Crippen LogP contribution in [0.3, 0.4) is 0 Å². The zero-order valence-electron chi connectivity index (χ0n) is 18.7. The number of nitriles is 1. The molecule has 3 atom stereocenters. The van der Waals surface area contributed by atoms with Crippen LogP contribution in [0.5, 0.6) is 5.75 Å². The molecule has 8 heteroatoms. The maximum Gasteiger partial charge on any atom is 0.224 e. The van der Waals surface area contributed by atoms with Crippen molar-refractivity contribution in [3.05, 3.63) is 30.0 Å². The first kappa shape index (κ1) is 23.3. The molecular formula is C24H30N4O4. The molecule has 1 aliphatic heterocycles. The van der Waals surface area contributed by atoms with E-state index in [9.17, 15) is 19.6 Å². The average molecular weight is 439 g/mol. The quantitative estimate of drug-likeness (QED) is 0.492. The normalized spacial score (nSPS) is 17.6. The summed E-state index contributed by atoms with van der Waals surface area (Å²) in [4.78, 5) is 41.0. The molecule has 8 nitrogen and oxygen atoms in total. The number of ether oxygens (including phenoxy) is 1. The first-order valence-corrected chi connectivity index (χ1v) is 11.0. The van der Waals surface area contributed by atoms with Crippen LogP contribution in [-0.2, 0) is 9.59 Å². The second-order valence-electron chi connectivity index (χ2n) is 8.76. The molecule has 1 aromatic heterocycles. The number of benzene rings is 1. The summed E-state index contributed by atoms with van der Waals surface area (Å²) < 4.78 is 5.36. The topological polar surface area (TPSA) is 124 Å². The number of aromatic amines is 1. The van der Waals surface area contributed by atoms with Crippen LogP contribution in [0, 0.1) is 29.1 Å². The molecule has 1 saturated heterocycles. The Morgan fingerprint density at radius 1 is 1.34 bits per heavy atom. The lowest BCUT2D eigenvalue weighted by Gasteiger charge is -2.21. The number of Topliss-reactive ketones (excluding diaryl/α,β-unsaturated/α-hetero) is 1. The van der Waals surface area contributed by atoms with Gasteiger partial charge in [0.25, 0.3) is 0 Å². The molecule has 2 unspecified atom stereocenters. The Bertz CT molecular complexity index is 1040. The zero-order chi connectivity index (χ0) is 23.3. The van der Waals surface area contributed by atoms with Gasteiger partial charge in [-0.25, -0.2) is 0 Å². The van der Waals surface area contributed by atoms with Gasteiger partial charge in [0.05, 0.1) is 18.9 Å². The minimum Gasteiger partial charge on any atom is -0.496 e. The van der Waals surface area contributed by atoms with Crippen LogP contribution >= 0.6 is 0 Å². The molecule has 2 aromatic rings. The lowest BCUT2D eigenvalue weighted by molar-refractivity contribution is -0.127. The monoisotopic (exact) mass is 438 g/mol. The zero-order valence-corrected chi connectivity index (χ0v) is 18.7. The molecular weight excluding hydrogens is 408 g/mol. The minimum absolute atomic E-state index is 0.0290. The van der Waals surface area contributed by atoms with Crippen molar-refractivity contribution >= 4 is 28.5 Å². The van der Waals surface area contributed by atoms with Crippen LogP contribution in [0.25, 0.3) is 10.9 Å². The summed E-state index contributed by atoms with van der Waals surface area (Å²) >= 11 is 0. The third-order valence-corrected chi connectivity index (χ3v) is 5.86. The number of amides is 2. The third-order valence-electron chi connectivity index (χ3n) is 5.86. The summed E-state index contributed by atoms with van der Waals surface area (Å²) in [7, 11) is 1.58. The summed E-state index contributed by atoms with van der Waals surface area (Å²) in [6.07, 6.45) is 1.48. The Labute approximate surface area is 187 Å². The van der Waals surface area contributed by atoms with Crippen molar-refractivity contribution in [3.63, 3.8) is 0 Å². The van der Waals surface area contributed by atoms with E-state index >= 15 is 0 Å². The molecule has 32 heavy (non-hydrogen) atoms. The number of aromatic nitrogens is 1. The molecule has 2 heterocycles. The number of carbonyl (C=O) groups is 3. The van der Waals surface area contributed by atoms with Crippen molar-refractivity contribution in [1.29, 1.82) is 5.26 Å². The smallest absolute Gasteiger partial charge is 0.224 e. The number of rotatable bonds is 10. The molecule has 1 aliphatic rings. The number of nitrogens with one attached hydrogen (secondary N) is 3. The van der Waals surface area contributed by atoms with Gasteiger partial charge in [-0.2, -0.15) is 5.26 Å². The van der Waals surface area contributed by atoms with E-state index < -0.39 is 12.0 Å². The van der Waals surface area contributed by atoms with Gasteiger partial charge in [0.1, 0.15) is 11.8 Å². The molecule has 170 valence electrons. The number of fused-ring (bicyclic) bond motifs is 1. The van der Waals surface area contributed by atoms with Gasteiger partial charge in [-0.05, 0) is 43.4 Å². The molecule has 0 aliphatic carbocycles. The Balaban J connectivity index is 1.71. The van der Waals surface area contributed by atoms with Crippen molar-refractivity contribution in [2.24, 2.45) is 17.8 Å². The van der Waals surface area contributed by atoms with E-state index in [2.05, 4.69) is 21.7 Å². The fourth-order valence-corrected chi connectivity index (χ4v) is 4.23. The van der Waals surface area contributed by atoms with Crippen LogP contribution in [0.2, 0.25) is 0 Å². The van der Waals surface area contributed by atoms with E-state index in [-0.39, 0.29) is 42.3 Å². The Hall–Kier alpha value is -3.34. The average Bonchev–Trinajstić information content (AvgIpc) is 3.38. The summed E-state index contributed by atoms with van der Waals surface area (Å²) in [5, 5.41) is 15.8.